The Kier molecular flexibility index (Phi) is 4.62. The predicted octanol–water partition coefficient (Wildman–Crippen LogP) is 1.14. The average molecular weight is 254 g/mol. The van der Waals surface area contributed by atoms with Gasteiger partial charge in [0.2, 0.25) is 5.91 Å². The van der Waals surface area contributed by atoms with Crippen LogP contribution in [-0.2, 0) is 4.79 Å². The first-order valence-electron chi connectivity index (χ1n) is 7.30. The third-order valence-corrected chi connectivity index (χ3v) is 4.26. The molecule has 2 unspecified atom stereocenters. The molecule has 1 amide bonds. The zero-order chi connectivity index (χ0) is 13.0. The zero-order valence-electron chi connectivity index (χ0n) is 11.5. The van der Waals surface area contributed by atoms with E-state index in [4.69, 9.17) is 0 Å². The average Bonchev–Trinajstić information content (AvgIpc) is 2.81. The minimum Gasteiger partial charge on any atom is -0.389 e. The molecule has 1 saturated heterocycles. The van der Waals surface area contributed by atoms with Gasteiger partial charge >= 0.3 is 0 Å². The van der Waals surface area contributed by atoms with Gasteiger partial charge in [-0.05, 0) is 31.6 Å². The van der Waals surface area contributed by atoms with Gasteiger partial charge in [-0.3, -0.25) is 4.79 Å². The molecule has 1 aliphatic carbocycles. The van der Waals surface area contributed by atoms with Crippen LogP contribution >= 0.6 is 0 Å². The number of carbonyl (C=O) groups is 1. The van der Waals surface area contributed by atoms with Crippen LogP contribution in [0.4, 0.5) is 0 Å². The predicted molar refractivity (Wildman–Crippen MR) is 71.3 cm³/mol. The highest BCUT2D eigenvalue weighted by Crippen LogP contribution is 2.31. The third kappa shape index (κ3) is 3.69. The van der Waals surface area contributed by atoms with Crippen molar-refractivity contribution in [1.82, 2.24) is 10.2 Å². The molecule has 1 saturated carbocycles. The van der Waals surface area contributed by atoms with Crippen LogP contribution in [-0.4, -0.2) is 47.7 Å². The van der Waals surface area contributed by atoms with E-state index in [2.05, 4.69) is 12.2 Å². The molecule has 0 spiro atoms. The van der Waals surface area contributed by atoms with Gasteiger partial charge in [-0.25, -0.2) is 0 Å². The van der Waals surface area contributed by atoms with Gasteiger partial charge in [-0.15, -0.1) is 0 Å². The van der Waals surface area contributed by atoms with E-state index >= 15 is 0 Å². The molecule has 2 fully saturated rings. The van der Waals surface area contributed by atoms with E-state index in [1.807, 2.05) is 4.90 Å². The van der Waals surface area contributed by atoms with Crippen molar-refractivity contribution in [3.05, 3.63) is 0 Å². The van der Waals surface area contributed by atoms with Crippen molar-refractivity contribution in [2.24, 2.45) is 5.92 Å². The lowest BCUT2D eigenvalue weighted by Gasteiger charge is -2.35. The van der Waals surface area contributed by atoms with Gasteiger partial charge < -0.3 is 15.3 Å². The van der Waals surface area contributed by atoms with E-state index in [1.54, 1.807) is 0 Å². The van der Waals surface area contributed by atoms with E-state index in [0.717, 1.165) is 45.2 Å². The summed E-state index contributed by atoms with van der Waals surface area (Å²) in [4.78, 5) is 13.8. The summed E-state index contributed by atoms with van der Waals surface area (Å²) in [6.45, 7) is 4.93. The zero-order valence-corrected chi connectivity index (χ0v) is 11.5. The van der Waals surface area contributed by atoms with Crippen LogP contribution < -0.4 is 5.32 Å². The number of aliphatic hydroxyl groups is 1. The minimum absolute atomic E-state index is 0.181. The normalized spacial score (nSPS) is 32.8. The highest BCUT2D eigenvalue weighted by atomic mass is 16.3. The van der Waals surface area contributed by atoms with Crippen LogP contribution in [0.1, 0.15) is 45.4 Å². The number of hydrogen-bond donors (Lipinski definition) is 2. The summed E-state index contributed by atoms with van der Waals surface area (Å²) in [7, 11) is 0. The molecule has 4 heteroatoms. The van der Waals surface area contributed by atoms with Crippen molar-refractivity contribution >= 4 is 5.91 Å². The van der Waals surface area contributed by atoms with Crippen LogP contribution in [0.5, 0.6) is 0 Å². The number of amides is 1. The summed E-state index contributed by atoms with van der Waals surface area (Å²) >= 11 is 0. The van der Waals surface area contributed by atoms with Crippen LogP contribution in [0.3, 0.4) is 0 Å². The quantitative estimate of drug-likeness (QED) is 0.791. The Labute approximate surface area is 110 Å². The molecule has 1 heterocycles. The molecule has 4 nitrogen and oxygen atoms in total. The smallest absolute Gasteiger partial charge is 0.236 e. The number of carbonyl (C=O) groups excluding carboxylic acids is 1. The highest BCUT2D eigenvalue weighted by Gasteiger charge is 2.32. The van der Waals surface area contributed by atoms with Gasteiger partial charge in [0.1, 0.15) is 0 Å². The second kappa shape index (κ2) is 6.02. The lowest BCUT2D eigenvalue weighted by atomic mass is 9.79. The number of likely N-dealkylation sites (tertiary alicyclic amines) is 1. The summed E-state index contributed by atoms with van der Waals surface area (Å²) < 4.78 is 0. The fraction of sp³-hybridized carbons (Fsp3) is 0.929. The number of nitrogens with zero attached hydrogens (tertiary/aromatic N) is 1. The topological polar surface area (TPSA) is 52.6 Å². The monoisotopic (exact) mass is 254 g/mol. The molecule has 0 radical (unpaired) electrons. The maximum absolute atomic E-state index is 11.8. The van der Waals surface area contributed by atoms with E-state index in [-0.39, 0.29) is 5.91 Å². The first-order chi connectivity index (χ1) is 8.59. The lowest BCUT2D eigenvalue weighted by molar-refractivity contribution is -0.129. The van der Waals surface area contributed by atoms with E-state index in [1.165, 1.54) is 6.42 Å². The third-order valence-electron chi connectivity index (χ3n) is 4.26. The summed E-state index contributed by atoms with van der Waals surface area (Å²) in [6, 6.07) is 0. The molecule has 18 heavy (non-hydrogen) atoms. The second-order valence-electron chi connectivity index (χ2n) is 6.12. The van der Waals surface area contributed by atoms with Crippen LogP contribution in [0.25, 0.3) is 0 Å². The molecular formula is C14H26N2O2. The largest absolute Gasteiger partial charge is 0.389 e. The van der Waals surface area contributed by atoms with Crippen molar-refractivity contribution < 1.29 is 9.90 Å². The molecule has 2 atom stereocenters. The van der Waals surface area contributed by atoms with Gasteiger partial charge in [0, 0.05) is 19.6 Å². The van der Waals surface area contributed by atoms with Crippen LogP contribution in [0.15, 0.2) is 0 Å². The van der Waals surface area contributed by atoms with Crippen LogP contribution in [0.2, 0.25) is 0 Å². The van der Waals surface area contributed by atoms with Gasteiger partial charge in [-0.2, -0.15) is 0 Å². The maximum Gasteiger partial charge on any atom is 0.236 e. The summed E-state index contributed by atoms with van der Waals surface area (Å²) in [6.07, 6.45) is 6.30. The van der Waals surface area contributed by atoms with E-state index < -0.39 is 5.60 Å². The van der Waals surface area contributed by atoms with Crippen molar-refractivity contribution in [3.63, 3.8) is 0 Å². The summed E-state index contributed by atoms with van der Waals surface area (Å²) in [5, 5.41) is 13.6. The van der Waals surface area contributed by atoms with E-state index in [9.17, 15) is 9.90 Å². The number of nitrogens with one attached hydrogen (secondary N) is 1. The van der Waals surface area contributed by atoms with Crippen molar-refractivity contribution in [3.8, 4) is 0 Å². The fourth-order valence-corrected chi connectivity index (χ4v) is 3.27. The van der Waals surface area contributed by atoms with E-state index in [0.29, 0.717) is 19.0 Å². The second-order valence-corrected chi connectivity index (χ2v) is 6.12. The highest BCUT2D eigenvalue weighted by molar-refractivity contribution is 5.78. The molecule has 2 N–H and O–H groups in total. The molecule has 0 aromatic rings. The van der Waals surface area contributed by atoms with Crippen molar-refractivity contribution in [1.29, 1.82) is 0 Å². The standard InChI is InChI=1S/C14H26N2O2/c1-12-5-4-6-14(18,9-12)11-15-10-13(17)16-7-2-3-8-16/h12,15,18H,2-11H2,1H3. The van der Waals surface area contributed by atoms with Gasteiger partial charge in [0.25, 0.3) is 0 Å². The number of rotatable bonds is 4. The molecule has 0 aromatic heterocycles. The SMILES string of the molecule is CC1CCCC(O)(CNCC(=O)N2CCCC2)C1. The first kappa shape index (κ1) is 13.8. The molecule has 2 aliphatic rings. The molecular weight excluding hydrogens is 228 g/mol. The van der Waals surface area contributed by atoms with Gasteiger partial charge in [-0.1, -0.05) is 19.8 Å². The maximum atomic E-state index is 11.8. The Bertz CT molecular complexity index is 290. The Hall–Kier alpha value is -0.610. The van der Waals surface area contributed by atoms with Crippen LogP contribution in [0, 0.1) is 5.92 Å². The Balaban J connectivity index is 1.69. The first-order valence-corrected chi connectivity index (χ1v) is 7.30. The molecule has 2 rings (SSSR count). The Morgan fingerprint density at radius 1 is 1.39 bits per heavy atom. The lowest BCUT2D eigenvalue weighted by Crippen LogP contribution is -2.46. The Morgan fingerprint density at radius 3 is 2.78 bits per heavy atom. The molecule has 0 bridgehead atoms. The fourth-order valence-electron chi connectivity index (χ4n) is 3.27. The van der Waals surface area contributed by atoms with Gasteiger partial charge in [0.05, 0.1) is 12.1 Å². The molecule has 1 aliphatic heterocycles. The number of hydrogen-bond acceptors (Lipinski definition) is 3. The van der Waals surface area contributed by atoms with Crippen molar-refractivity contribution in [2.75, 3.05) is 26.2 Å². The Morgan fingerprint density at radius 2 is 2.11 bits per heavy atom. The minimum atomic E-state index is -0.594. The molecule has 0 aromatic carbocycles. The summed E-state index contributed by atoms with van der Waals surface area (Å²) in [5.41, 5.74) is -0.594. The summed E-state index contributed by atoms with van der Waals surface area (Å²) in [5.74, 6) is 0.778. The van der Waals surface area contributed by atoms with Gasteiger partial charge in [0.15, 0.2) is 0 Å². The van der Waals surface area contributed by atoms with Crippen molar-refractivity contribution in [2.45, 2.75) is 51.0 Å². The molecule has 104 valence electrons.